The van der Waals surface area contributed by atoms with E-state index in [9.17, 15) is 0 Å². The van der Waals surface area contributed by atoms with E-state index >= 15 is 0 Å². The van der Waals surface area contributed by atoms with Crippen molar-refractivity contribution >= 4 is 7.92 Å². The van der Waals surface area contributed by atoms with Gasteiger partial charge in [0.15, 0.2) is 0 Å². The summed E-state index contributed by atoms with van der Waals surface area (Å²) in [5.41, 5.74) is 6.31. The van der Waals surface area contributed by atoms with Crippen LogP contribution in [0.25, 0.3) is 0 Å². The molecule has 0 saturated carbocycles. The molecule has 0 aromatic rings. The van der Waals surface area contributed by atoms with Crippen LogP contribution in [-0.2, 0) is 0 Å². The number of allylic oxidation sites excluding steroid dienone is 4. The van der Waals surface area contributed by atoms with Gasteiger partial charge in [0, 0.05) is 0 Å². The van der Waals surface area contributed by atoms with Crippen LogP contribution < -0.4 is 0 Å². The van der Waals surface area contributed by atoms with Crippen LogP contribution in [0.1, 0.15) is 38.5 Å². The van der Waals surface area contributed by atoms with E-state index in [4.69, 9.17) is 0 Å². The van der Waals surface area contributed by atoms with Gasteiger partial charge in [-0.2, -0.15) is 0 Å². The second kappa shape index (κ2) is 5.32. The predicted octanol–water partition coefficient (Wildman–Crippen LogP) is 4.87. The molecule has 1 aliphatic heterocycles. The van der Waals surface area contributed by atoms with E-state index < -0.39 is 0 Å². The SMILES string of the molecule is C=C1CCC(=C)CC2=C(CCCP(C)C2)C1. The van der Waals surface area contributed by atoms with Gasteiger partial charge in [0.2, 0.25) is 0 Å². The smallest absolute Gasteiger partial charge is 0.0105 e. The maximum Gasteiger partial charge on any atom is -0.0105 e. The minimum atomic E-state index is 0.256. The lowest BCUT2D eigenvalue weighted by Crippen LogP contribution is -2.02. The molecule has 2 aliphatic rings. The van der Waals surface area contributed by atoms with Crippen LogP contribution in [0, 0.1) is 0 Å². The highest BCUT2D eigenvalue weighted by Gasteiger charge is 2.18. The molecular formula is C15H23P. The molecule has 1 unspecified atom stereocenters. The summed E-state index contributed by atoms with van der Waals surface area (Å²) >= 11 is 0. The van der Waals surface area contributed by atoms with E-state index in [2.05, 4.69) is 19.8 Å². The van der Waals surface area contributed by atoms with Gasteiger partial charge in [-0.15, -0.1) is 7.92 Å². The molecule has 0 saturated heterocycles. The average molecular weight is 234 g/mol. The molecule has 0 fully saturated rings. The van der Waals surface area contributed by atoms with Crippen molar-refractivity contribution in [1.29, 1.82) is 0 Å². The van der Waals surface area contributed by atoms with Crippen LogP contribution in [0.5, 0.6) is 0 Å². The third kappa shape index (κ3) is 3.08. The zero-order valence-electron chi connectivity index (χ0n) is 10.5. The summed E-state index contributed by atoms with van der Waals surface area (Å²) < 4.78 is 0. The van der Waals surface area contributed by atoms with E-state index in [-0.39, 0.29) is 7.92 Å². The fourth-order valence-corrected chi connectivity index (χ4v) is 4.63. The lowest BCUT2D eigenvalue weighted by molar-refractivity contribution is 0.783. The quantitative estimate of drug-likeness (QED) is 0.414. The third-order valence-corrected chi connectivity index (χ3v) is 5.74. The number of hydrogen-bond acceptors (Lipinski definition) is 0. The van der Waals surface area contributed by atoms with Crippen LogP contribution >= 0.6 is 7.92 Å². The molecule has 2 rings (SSSR count). The summed E-state index contributed by atoms with van der Waals surface area (Å²) in [6, 6.07) is 0. The first-order valence-electron chi connectivity index (χ1n) is 6.37. The topological polar surface area (TPSA) is 0 Å². The van der Waals surface area contributed by atoms with Gasteiger partial charge in [-0.1, -0.05) is 35.5 Å². The summed E-state index contributed by atoms with van der Waals surface area (Å²) in [7, 11) is 0.256. The van der Waals surface area contributed by atoms with Gasteiger partial charge < -0.3 is 0 Å². The first kappa shape index (κ1) is 12.1. The van der Waals surface area contributed by atoms with Gasteiger partial charge in [0.1, 0.15) is 0 Å². The Hall–Kier alpha value is -0.350. The Morgan fingerprint density at radius 2 is 1.56 bits per heavy atom. The molecular weight excluding hydrogens is 211 g/mol. The Bertz CT molecular complexity index is 335. The molecule has 0 N–H and O–H groups in total. The molecule has 0 amide bonds. The number of rotatable bonds is 0. The maximum absolute atomic E-state index is 4.23. The monoisotopic (exact) mass is 234 g/mol. The van der Waals surface area contributed by atoms with Crippen molar-refractivity contribution in [3.63, 3.8) is 0 Å². The van der Waals surface area contributed by atoms with E-state index in [0.29, 0.717) is 0 Å². The largest absolute Gasteiger partial charge is 0.106 e. The van der Waals surface area contributed by atoms with Gasteiger partial charge >= 0.3 is 0 Å². The predicted molar refractivity (Wildman–Crippen MR) is 75.6 cm³/mol. The van der Waals surface area contributed by atoms with Gasteiger partial charge in [-0.25, -0.2) is 0 Å². The molecule has 1 heterocycles. The van der Waals surface area contributed by atoms with E-state index in [1.165, 1.54) is 49.2 Å². The molecule has 16 heavy (non-hydrogen) atoms. The Kier molecular flexibility index (Phi) is 4.03. The van der Waals surface area contributed by atoms with Crippen molar-refractivity contribution in [1.82, 2.24) is 0 Å². The van der Waals surface area contributed by atoms with E-state index in [1.807, 2.05) is 0 Å². The van der Waals surface area contributed by atoms with Crippen molar-refractivity contribution in [2.24, 2.45) is 0 Å². The minimum absolute atomic E-state index is 0.256. The molecule has 1 aliphatic carbocycles. The second-order valence-electron chi connectivity index (χ2n) is 5.40. The highest BCUT2D eigenvalue weighted by atomic mass is 31.1. The summed E-state index contributed by atoms with van der Waals surface area (Å²) in [6.07, 6.45) is 10.3. The molecule has 0 nitrogen and oxygen atoms in total. The zero-order chi connectivity index (χ0) is 11.5. The third-order valence-electron chi connectivity index (χ3n) is 3.74. The fourth-order valence-electron chi connectivity index (χ4n) is 2.78. The van der Waals surface area contributed by atoms with Crippen molar-refractivity contribution in [2.45, 2.75) is 38.5 Å². The van der Waals surface area contributed by atoms with Crippen molar-refractivity contribution < 1.29 is 0 Å². The van der Waals surface area contributed by atoms with Crippen LogP contribution in [0.15, 0.2) is 35.5 Å². The standard InChI is InChI=1S/C15H23P/c1-12-6-7-13(2)10-15-11-16(3)8-4-5-14(15)9-12/h1-2,4-11H2,3H3. The fraction of sp³-hybridized carbons (Fsp3) is 0.600. The zero-order valence-corrected chi connectivity index (χ0v) is 11.4. The molecule has 0 aromatic carbocycles. The molecule has 1 heteroatoms. The highest BCUT2D eigenvalue weighted by molar-refractivity contribution is 7.57. The summed E-state index contributed by atoms with van der Waals surface area (Å²) in [5.74, 6) is 0. The van der Waals surface area contributed by atoms with Crippen molar-refractivity contribution in [2.75, 3.05) is 19.0 Å². The van der Waals surface area contributed by atoms with Gasteiger partial charge in [-0.3, -0.25) is 0 Å². The Morgan fingerprint density at radius 3 is 2.25 bits per heavy atom. The van der Waals surface area contributed by atoms with Crippen molar-refractivity contribution in [3.8, 4) is 0 Å². The van der Waals surface area contributed by atoms with Gasteiger partial charge in [0.25, 0.3) is 0 Å². The minimum Gasteiger partial charge on any atom is -0.106 e. The highest BCUT2D eigenvalue weighted by Crippen LogP contribution is 2.43. The molecule has 88 valence electrons. The molecule has 0 aromatic heterocycles. The molecule has 0 bridgehead atoms. The van der Waals surface area contributed by atoms with E-state index in [0.717, 1.165) is 12.8 Å². The lowest BCUT2D eigenvalue weighted by Gasteiger charge is -2.20. The summed E-state index contributed by atoms with van der Waals surface area (Å²) in [4.78, 5) is 0. The average Bonchev–Trinajstić information content (AvgIpc) is 2.37. The summed E-state index contributed by atoms with van der Waals surface area (Å²) in [6.45, 7) is 10.9. The van der Waals surface area contributed by atoms with Crippen LogP contribution in [-0.4, -0.2) is 19.0 Å². The first-order chi connectivity index (χ1) is 7.65. The van der Waals surface area contributed by atoms with Crippen LogP contribution in [0.4, 0.5) is 0 Å². The van der Waals surface area contributed by atoms with Crippen molar-refractivity contribution in [3.05, 3.63) is 35.5 Å². The molecule has 0 radical (unpaired) electrons. The summed E-state index contributed by atoms with van der Waals surface area (Å²) in [5, 5.41) is 0. The number of hydrogen-bond donors (Lipinski definition) is 0. The second-order valence-corrected chi connectivity index (χ2v) is 7.88. The normalized spacial score (nSPS) is 28.2. The van der Waals surface area contributed by atoms with Crippen LogP contribution in [0.3, 0.4) is 0 Å². The first-order valence-corrected chi connectivity index (χ1v) is 8.52. The maximum atomic E-state index is 4.23. The molecule has 0 spiro atoms. The Labute approximate surface area is 101 Å². The van der Waals surface area contributed by atoms with Gasteiger partial charge in [0.05, 0.1) is 0 Å². The Morgan fingerprint density at radius 1 is 0.938 bits per heavy atom. The van der Waals surface area contributed by atoms with E-state index in [1.54, 1.807) is 11.1 Å². The molecule has 1 atom stereocenters. The van der Waals surface area contributed by atoms with Crippen LogP contribution in [0.2, 0.25) is 0 Å². The Balaban J connectivity index is 2.24. The van der Waals surface area contributed by atoms with Gasteiger partial charge in [-0.05, 0) is 57.5 Å². The lowest BCUT2D eigenvalue weighted by atomic mass is 9.88.